The molecule has 0 radical (unpaired) electrons. The van der Waals surface area contributed by atoms with Gasteiger partial charge in [0.25, 0.3) is 0 Å². The van der Waals surface area contributed by atoms with Crippen LogP contribution in [0.25, 0.3) is 0 Å². The molecule has 2 aromatic rings. The molecule has 0 saturated carbocycles. The van der Waals surface area contributed by atoms with Crippen LogP contribution in [0.1, 0.15) is 42.1 Å². The highest BCUT2D eigenvalue weighted by Gasteiger charge is 2.11. The summed E-state index contributed by atoms with van der Waals surface area (Å²) in [5, 5.41) is 2.91. The number of hydrogen-bond acceptors (Lipinski definition) is 2. The van der Waals surface area contributed by atoms with Crippen molar-refractivity contribution < 1.29 is 14.0 Å². The van der Waals surface area contributed by atoms with Crippen molar-refractivity contribution in [2.45, 2.75) is 38.6 Å². The Hall–Kier alpha value is -2.49. The molecule has 126 valence electrons. The molecule has 0 bridgehead atoms. The smallest absolute Gasteiger partial charge is 0.220 e. The van der Waals surface area contributed by atoms with Gasteiger partial charge in [-0.25, -0.2) is 4.39 Å². The fraction of sp³-hybridized carbons (Fsp3) is 0.300. The number of rotatable bonds is 8. The predicted molar refractivity (Wildman–Crippen MR) is 92.3 cm³/mol. The molecule has 0 fully saturated rings. The van der Waals surface area contributed by atoms with E-state index in [1.54, 1.807) is 0 Å². The summed E-state index contributed by atoms with van der Waals surface area (Å²) in [6.07, 6.45) is 2.02. The second-order valence-corrected chi connectivity index (χ2v) is 5.92. The number of nitrogens with one attached hydrogen (secondary N) is 1. The minimum Gasteiger partial charge on any atom is -0.354 e. The van der Waals surface area contributed by atoms with Gasteiger partial charge in [0.1, 0.15) is 5.82 Å². The third kappa shape index (κ3) is 5.95. The molecule has 1 amide bonds. The largest absolute Gasteiger partial charge is 0.354 e. The number of carbonyl (C=O) groups is 2. The van der Waals surface area contributed by atoms with E-state index >= 15 is 0 Å². The number of halogens is 1. The van der Waals surface area contributed by atoms with Gasteiger partial charge in [0.05, 0.1) is 0 Å². The average molecular weight is 327 g/mol. The van der Waals surface area contributed by atoms with Crippen molar-refractivity contribution in [1.29, 1.82) is 0 Å². The molecular weight excluding hydrogens is 305 g/mol. The molecular formula is C20H22FNO2. The average Bonchev–Trinajstić information content (AvgIpc) is 2.59. The molecule has 0 heterocycles. The van der Waals surface area contributed by atoms with Crippen LogP contribution in [0, 0.1) is 5.82 Å². The van der Waals surface area contributed by atoms with Crippen LogP contribution in [0.15, 0.2) is 54.6 Å². The molecule has 0 aliphatic rings. The summed E-state index contributed by atoms with van der Waals surface area (Å²) < 4.78 is 12.8. The molecule has 24 heavy (non-hydrogen) atoms. The summed E-state index contributed by atoms with van der Waals surface area (Å²) >= 11 is 0. The van der Waals surface area contributed by atoms with Crippen molar-refractivity contribution in [3.63, 3.8) is 0 Å². The molecule has 0 unspecified atom stereocenters. The number of benzene rings is 2. The highest BCUT2D eigenvalue weighted by molar-refractivity contribution is 5.97. The Balaban J connectivity index is 1.70. The minimum atomic E-state index is -0.378. The second-order valence-electron chi connectivity index (χ2n) is 5.92. The van der Waals surface area contributed by atoms with Crippen molar-refractivity contribution >= 4 is 11.7 Å². The Bertz CT molecular complexity index is 668. The van der Waals surface area contributed by atoms with Crippen LogP contribution in [-0.2, 0) is 11.2 Å². The van der Waals surface area contributed by atoms with E-state index in [1.165, 1.54) is 29.8 Å². The number of aryl methyl sites for hydroxylation is 1. The maximum Gasteiger partial charge on any atom is 0.220 e. The Morgan fingerprint density at radius 1 is 1.00 bits per heavy atom. The van der Waals surface area contributed by atoms with E-state index in [-0.39, 0.29) is 36.4 Å². The van der Waals surface area contributed by atoms with Gasteiger partial charge < -0.3 is 5.32 Å². The predicted octanol–water partition coefficient (Wildman–Crippen LogP) is 3.93. The van der Waals surface area contributed by atoms with Gasteiger partial charge in [-0.2, -0.15) is 0 Å². The van der Waals surface area contributed by atoms with Crippen molar-refractivity contribution in [3.8, 4) is 0 Å². The zero-order valence-corrected chi connectivity index (χ0v) is 13.8. The standard InChI is InChI=1S/C20H22FNO2/c1-15(7-8-16-5-3-2-4-6-16)22-20(24)14-13-19(23)17-9-11-18(21)12-10-17/h2-6,9-12,15H,7-8,13-14H2,1H3,(H,22,24)/t15-/m0/s1. The number of Topliss-reactive ketones (excluding diaryl/α,β-unsaturated/α-hetero) is 1. The number of carbonyl (C=O) groups excluding carboxylic acids is 2. The van der Waals surface area contributed by atoms with Crippen LogP contribution in [0.3, 0.4) is 0 Å². The molecule has 0 spiro atoms. The summed E-state index contributed by atoms with van der Waals surface area (Å²) in [6.45, 7) is 1.96. The molecule has 0 aromatic heterocycles. The molecule has 4 heteroatoms. The van der Waals surface area contributed by atoms with Crippen LogP contribution >= 0.6 is 0 Å². The van der Waals surface area contributed by atoms with Crippen molar-refractivity contribution in [3.05, 3.63) is 71.5 Å². The van der Waals surface area contributed by atoms with Crippen molar-refractivity contribution in [2.75, 3.05) is 0 Å². The first kappa shape index (κ1) is 17.9. The van der Waals surface area contributed by atoms with Gasteiger partial charge in [-0.05, 0) is 49.6 Å². The fourth-order valence-corrected chi connectivity index (χ4v) is 2.45. The topological polar surface area (TPSA) is 46.2 Å². The first-order chi connectivity index (χ1) is 11.5. The van der Waals surface area contributed by atoms with E-state index in [2.05, 4.69) is 17.4 Å². The zero-order chi connectivity index (χ0) is 17.4. The number of ketones is 1. The second kappa shape index (κ2) is 8.96. The van der Waals surface area contributed by atoms with Gasteiger partial charge in [-0.3, -0.25) is 9.59 Å². The van der Waals surface area contributed by atoms with Crippen LogP contribution in [0.5, 0.6) is 0 Å². The highest BCUT2D eigenvalue weighted by Crippen LogP contribution is 2.08. The van der Waals surface area contributed by atoms with Gasteiger partial charge in [-0.1, -0.05) is 30.3 Å². The van der Waals surface area contributed by atoms with Crippen molar-refractivity contribution in [2.24, 2.45) is 0 Å². The highest BCUT2D eigenvalue weighted by atomic mass is 19.1. The Morgan fingerprint density at radius 2 is 1.67 bits per heavy atom. The van der Waals surface area contributed by atoms with E-state index < -0.39 is 0 Å². The quantitative estimate of drug-likeness (QED) is 0.747. The third-order valence-corrected chi connectivity index (χ3v) is 3.86. The Kier molecular flexibility index (Phi) is 6.67. The molecule has 0 saturated heterocycles. The van der Waals surface area contributed by atoms with Gasteiger partial charge in [0.2, 0.25) is 5.91 Å². The maximum absolute atomic E-state index is 12.8. The van der Waals surface area contributed by atoms with Crippen LogP contribution in [-0.4, -0.2) is 17.7 Å². The molecule has 0 aliphatic heterocycles. The van der Waals surface area contributed by atoms with Crippen LogP contribution in [0.4, 0.5) is 4.39 Å². The normalized spacial score (nSPS) is 11.8. The van der Waals surface area contributed by atoms with E-state index in [0.717, 1.165) is 12.8 Å². The molecule has 0 aliphatic carbocycles. The van der Waals surface area contributed by atoms with Crippen molar-refractivity contribution in [1.82, 2.24) is 5.32 Å². The first-order valence-electron chi connectivity index (χ1n) is 8.16. The number of amides is 1. The lowest BCUT2D eigenvalue weighted by Gasteiger charge is -2.13. The van der Waals surface area contributed by atoms with E-state index in [0.29, 0.717) is 5.56 Å². The SMILES string of the molecule is C[C@@H](CCc1ccccc1)NC(=O)CCC(=O)c1ccc(F)cc1. The third-order valence-electron chi connectivity index (χ3n) is 3.86. The van der Waals surface area contributed by atoms with E-state index in [1.807, 2.05) is 25.1 Å². The monoisotopic (exact) mass is 327 g/mol. The van der Waals surface area contributed by atoms with E-state index in [9.17, 15) is 14.0 Å². The van der Waals surface area contributed by atoms with Crippen LogP contribution in [0.2, 0.25) is 0 Å². The lowest BCUT2D eigenvalue weighted by molar-refractivity contribution is -0.121. The minimum absolute atomic E-state index is 0.0543. The Morgan fingerprint density at radius 3 is 2.33 bits per heavy atom. The molecule has 1 atom stereocenters. The maximum atomic E-state index is 12.8. The zero-order valence-electron chi connectivity index (χ0n) is 13.8. The molecule has 2 rings (SSSR count). The Labute approximate surface area is 141 Å². The summed E-state index contributed by atoms with van der Waals surface area (Å²) in [4.78, 5) is 23.9. The number of hydrogen-bond donors (Lipinski definition) is 1. The molecule has 2 aromatic carbocycles. The van der Waals surface area contributed by atoms with Gasteiger partial charge in [-0.15, -0.1) is 0 Å². The van der Waals surface area contributed by atoms with Crippen LogP contribution < -0.4 is 5.32 Å². The lowest BCUT2D eigenvalue weighted by Crippen LogP contribution is -2.33. The summed E-state index contributed by atoms with van der Waals surface area (Å²) in [6, 6.07) is 15.5. The molecule has 1 N–H and O–H groups in total. The first-order valence-corrected chi connectivity index (χ1v) is 8.16. The summed E-state index contributed by atoms with van der Waals surface area (Å²) in [5.74, 6) is -0.662. The van der Waals surface area contributed by atoms with Gasteiger partial charge in [0.15, 0.2) is 5.78 Å². The fourth-order valence-electron chi connectivity index (χ4n) is 2.45. The van der Waals surface area contributed by atoms with Gasteiger partial charge in [0, 0.05) is 24.4 Å². The summed E-state index contributed by atoms with van der Waals surface area (Å²) in [5.41, 5.74) is 1.67. The molecule has 3 nitrogen and oxygen atoms in total. The van der Waals surface area contributed by atoms with Gasteiger partial charge >= 0.3 is 0 Å². The lowest BCUT2D eigenvalue weighted by atomic mass is 10.0. The summed E-state index contributed by atoms with van der Waals surface area (Å²) in [7, 11) is 0. The van der Waals surface area contributed by atoms with E-state index in [4.69, 9.17) is 0 Å².